The van der Waals surface area contributed by atoms with Crippen molar-refractivity contribution in [2.24, 2.45) is 0 Å². The summed E-state index contributed by atoms with van der Waals surface area (Å²) in [6.07, 6.45) is 0.698. The number of aliphatic hydroxyl groups excluding tert-OH is 1. The summed E-state index contributed by atoms with van der Waals surface area (Å²) in [4.78, 5) is 0. The Bertz CT molecular complexity index is 617. The fourth-order valence-electron chi connectivity index (χ4n) is 3.02. The van der Waals surface area contributed by atoms with Crippen molar-refractivity contribution in [3.05, 3.63) is 48.0 Å². The monoisotopic (exact) mass is 301 g/mol. The molecule has 22 heavy (non-hydrogen) atoms. The average molecular weight is 301 g/mol. The van der Waals surface area contributed by atoms with E-state index in [2.05, 4.69) is 5.32 Å². The lowest BCUT2D eigenvalue weighted by Gasteiger charge is -2.32. The van der Waals surface area contributed by atoms with Gasteiger partial charge in [-0.15, -0.1) is 0 Å². The SMILES string of the molecule is O[C@@H](CNCC1(O)CCOCC1)c1cccc2ccccc12. The molecule has 0 radical (unpaired) electrons. The van der Waals surface area contributed by atoms with Gasteiger partial charge in [0.15, 0.2) is 0 Å². The van der Waals surface area contributed by atoms with Gasteiger partial charge in [-0.05, 0) is 16.3 Å². The molecule has 0 aliphatic carbocycles. The summed E-state index contributed by atoms with van der Waals surface area (Å²) < 4.78 is 5.27. The van der Waals surface area contributed by atoms with Crippen LogP contribution in [0.25, 0.3) is 10.8 Å². The van der Waals surface area contributed by atoms with Crippen molar-refractivity contribution < 1.29 is 14.9 Å². The van der Waals surface area contributed by atoms with E-state index in [1.165, 1.54) is 0 Å². The first-order chi connectivity index (χ1) is 10.7. The molecule has 0 saturated carbocycles. The van der Waals surface area contributed by atoms with Gasteiger partial charge in [0.25, 0.3) is 0 Å². The van der Waals surface area contributed by atoms with Crippen molar-refractivity contribution in [3.63, 3.8) is 0 Å². The summed E-state index contributed by atoms with van der Waals surface area (Å²) in [5.41, 5.74) is 0.209. The van der Waals surface area contributed by atoms with Gasteiger partial charge in [-0.3, -0.25) is 0 Å². The predicted molar refractivity (Wildman–Crippen MR) is 86.8 cm³/mol. The van der Waals surface area contributed by atoms with Gasteiger partial charge < -0.3 is 20.3 Å². The highest BCUT2D eigenvalue weighted by Gasteiger charge is 2.29. The van der Waals surface area contributed by atoms with Crippen molar-refractivity contribution in [2.45, 2.75) is 24.5 Å². The molecule has 1 fully saturated rings. The number of aliphatic hydroxyl groups is 2. The first-order valence-electron chi connectivity index (χ1n) is 7.85. The quantitative estimate of drug-likeness (QED) is 0.790. The van der Waals surface area contributed by atoms with Crippen LogP contribution in [0, 0.1) is 0 Å². The molecule has 1 heterocycles. The molecular weight excluding hydrogens is 278 g/mol. The van der Waals surface area contributed by atoms with Crippen molar-refractivity contribution in [2.75, 3.05) is 26.3 Å². The number of hydrogen-bond donors (Lipinski definition) is 3. The van der Waals surface area contributed by atoms with Crippen LogP contribution in [-0.2, 0) is 4.74 Å². The van der Waals surface area contributed by atoms with E-state index in [4.69, 9.17) is 4.74 Å². The molecule has 0 spiro atoms. The minimum absolute atomic E-state index is 0.428. The van der Waals surface area contributed by atoms with Crippen LogP contribution in [0.15, 0.2) is 42.5 Å². The second-order valence-corrected chi connectivity index (χ2v) is 6.05. The summed E-state index contributed by atoms with van der Waals surface area (Å²) in [7, 11) is 0. The van der Waals surface area contributed by atoms with Crippen LogP contribution >= 0.6 is 0 Å². The maximum absolute atomic E-state index is 10.5. The van der Waals surface area contributed by atoms with Crippen LogP contribution in [0.3, 0.4) is 0 Å². The lowest BCUT2D eigenvalue weighted by molar-refractivity contribution is -0.0623. The van der Waals surface area contributed by atoms with Crippen molar-refractivity contribution >= 4 is 10.8 Å². The fraction of sp³-hybridized carbons (Fsp3) is 0.444. The van der Waals surface area contributed by atoms with Crippen molar-refractivity contribution in [1.82, 2.24) is 5.32 Å². The molecule has 0 bridgehead atoms. The highest BCUT2D eigenvalue weighted by molar-refractivity contribution is 5.85. The minimum atomic E-state index is -0.712. The molecule has 2 aromatic carbocycles. The Hall–Kier alpha value is -1.46. The molecule has 0 amide bonds. The van der Waals surface area contributed by atoms with Crippen LogP contribution in [0.5, 0.6) is 0 Å². The number of nitrogens with one attached hydrogen (secondary N) is 1. The van der Waals surface area contributed by atoms with Gasteiger partial charge in [0.05, 0.1) is 11.7 Å². The van der Waals surface area contributed by atoms with E-state index in [0.29, 0.717) is 39.1 Å². The number of rotatable bonds is 5. The van der Waals surface area contributed by atoms with Crippen molar-refractivity contribution in [3.8, 4) is 0 Å². The van der Waals surface area contributed by atoms with Gasteiger partial charge in [-0.25, -0.2) is 0 Å². The zero-order valence-corrected chi connectivity index (χ0v) is 12.7. The Labute approximate surface area is 130 Å². The number of ether oxygens (including phenoxy) is 1. The highest BCUT2D eigenvalue weighted by atomic mass is 16.5. The third kappa shape index (κ3) is 3.47. The lowest BCUT2D eigenvalue weighted by atomic mass is 9.94. The van der Waals surface area contributed by atoms with Gasteiger partial charge in [0, 0.05) is 39.1 Å². The predicted octanol–water partition coefficient (Wildman–Crippen LogP) is 2.00. The van der Waals surface area contributed by atoms with Crippen LogP contribution in [0.1, 0.15) is 24.5 Å². The summed E-state index contributed by atoms with van der Waals surface area (Å²) in [5, 5.41) is 26.3. The van der Waals surface area contributed by atoms with Gasteiger partial charge in [-0.1, -0.05) is 42.5 Å². The third-order valence-electron chi connectivity index (χ3n) is 4.40. The summed E-state index contributed by atoms with van der Waals surface area (Å²) >= 11 is 0. The molecule has 118 valence electrons. The van der Waals surface area contributed by atoms with E-state index in [1.807, 2.05) is 42.5 Å². The van der Waals surface area contributed by atoms with Gasteiger partial charge in [0.1, 0.15) is 0 Å². The Morgan fingerprint density at radius 2 is 1.82 bits per heavy atom. The van der Waals surface area contributed by atoms with E-state index >= 15 is 0 Å². The van der Waals surface area contributed by atoms with Gasteiger partial charge in [-0.2, -0.15) is 0 Å². The van der Waals surface area contributed by atoms with E-state index in [9.17, 15) is 10.2 Å². The average Bonchev–Trinajstić information content (AvgIpc) is 2.54. The molecule has 1 atom stereocenters. The van der Waals surface area contributed by atoms with Gasteiger partial charge >= 0.3 is 0 Å². The van der Waals surface area contributed by atoms with Crippen LogP contribution < -0.4 is 5.32 Å². The largest absolute Gasteiger partial charge is 0.388 e. The van der Waals surface area contributed by atoms with E-state index < -0.39 is 11.7 Å². The molecule has 0 aromatic heterocycles. The third-order valence-corrected chi connectivity index (χ3v) is 4.40. The summed E-state index contributed by atoms with van der Waals surface area (Å²) in [6, 6.07) is 14.0. The standard InChI is InChI=1S/C18H23NO3/c20-17(12-19-13-18(21)8-10-22-11-9-18)16-7-3-5-14-4-1-2-6-15(14)16/h1-7,17,19-21H,8-13H2/t17-/m0/s1. The van der Waals surface area contributed by atoms with Crippen LogP contribution in [-0.4, -0.2) is 42.1 Å². The molecule has 0 unspecified atom stereocenters. The van der Waals surface area contributed by atoms with Crippen molar-refractivity contribution in [1.29, 1.82) is 0 Å². The van der Waals surface area contributed by atoms with Crippen LogP contribution in [0.4, 0.5) is 0 Å². The Balaban J connectivity index is 1.62. The molecule has 3 rings (SSSR count). The molecule has 4 nitrogen and oxygen atoms in total. The molecule has 3 N–H and O–H groups in total. The molecule has 1 aliphatic rings. The molecular formula is C18H23NO3. The lowest BCUT2D eigenvalue weighted by Crippen LogP contribution is -2.45. The zero-order chi connectivity index (χ0) is 15.4. The first-order valence-corrected chi connectivity index (χ1v) is 7.85. The first kappa shape index (κ1) is 15.4. The Morgan fingerprint density at radius 1 is 1.09 bits per heavy atom. The molecule has 4 heteroatoms. The van der Waals surface area contributed by atoms with Crippen LogP contribution in [0.2, 0.25) is 0 Å². The Morgan fingerprint density at radius 3 is 2.64 bits per heavy atom. The smallest absolute Gasteiger partial charge is 0.0920 e. The molecule has 1 saturated heterocycles. The zero-order valence-electron chi connectivity index (χ0n) is 12.7. The second-order valence-electron chi connectivity index (χ2n) is 6.05. The number of hydrogen-bond acceptors (Lipinski definition) is 4. The maximum atomic E-state index is 10.5. The fourth-order valence-corrected chi connectivity index (χ4v) is 3.02. The minimum Gasteiger partial charge on any atom is -0.388 e. The second kappa shape index (κ2) is 6.75. The normalized spacial score (nSPS) is 19.2. The molecule has 2 aromatic rings. The maximum Gasteiger partial charge on any atom is 0.0920 e. The van der Waals surface area contributed by atoms with E-state index in [0.717, 1.165) is 16.3 Å². The Kier molecular flexibility index (Phi) is 4.74. The number of fused-ring (bicyclic) bond motifs is 1. The molecule has 1 aliphatic heterocycles. The summed E-state index contributed by atoms with van der Waals surface area (Å²) in [5.74, 6) is 0. The van der Waals surface area contributed by atoms with Gasteiger partial charge in [0.2, 0.25) is 0 Å². The topological polar surface area (TPSA) is 61.7 Å². The van der Waals surface area contributed by atoms with E-state index in [-0.39, 0.29) is 0 Å². The summed E-state index contributed by atoms with van der Waals surface area (Å²) in [6.45, 7) is 2.11. The number of benzene rings is 2. The van der Waals surface area contributed by atoms with E-state index in [1.54, 1.807) is 0 Å². The highest BCUT2D eigenvalue weighted by Crippen LogP contribution is 2.24.